The molecule has 1 aliphatic rings. The van der Waals surface area contributed by atoms with Crippen molar-refractivity contribution in [1.29, 1.82) is 0 Å². The fourth-order valence-corrected chi connectivity index (χ4v) is 2.81. The number of aromatic nitrogens is 1. The van der Waals surface area contributed by atoms with E-state index in [4.69, 9.17) is 4.74 Å². The lowest BCUT2D eigenvalue weighted by Crippen LogP contribution is -2.41. The molecule has 0 spiro atoms. The summed E-state index contributed by atoms with van der Waals surface area (Å²) in [5.41, 5.74) is 0.410. The summed E-state index contributed by atoms with van der Waals surface area (Å²) in [6.45, 7) is -1.24. The van der Waals surface area contributed by atoms with Crippen molar-refractivity contribution in [1.82, 2.24) is 10.3 Å². The van der Waals surface area contributed by atoms with Gasteiger partial charge in [0, 0.05) is 22.9 Å². The van der Waals surface area contributed by atoms with E-state index >= 15 is 0 Å². The monoisotopic (exact) mass is 380 g/mol. The fourth-order valence-electron chi connectivity index (χ4n) is 2.44. The van der Waals surface area contributed by atoms with E-state index in [0.29, 0.717) is 22.9 Å². The first kappa shape index (κ1) is 17.2. The fraction of sp³-hybridized carbons (Fsp3) is 0.571. The smallest absolute Gasteiger partial charge is 0.369 e. The van der Waals surface area contributed by atoms with Crippen LogP contribution in [0.2, 0.25) is 0 Å². The molecule has 0 saturated heterocycles. The molecule has 0 aromatic carbocycles. The van der Waals surface area contributed by atoms with Crippen LogP contribution < -0.4 is 5.32 Å². The highest BCUT2D eigenvalue weighted by Gasteiger charge is 2.31. The SMILES string of the molecule is O=C(N[C@@H]1CCC[C@@H](OCC(F)(F)F)C1)c1cncc(Br)c1. The number of rotatable bonds is 4. The Balaban J connectivity index is 1.86. The van der Waals surface area contributed by atoms with E-state index in [0.717, 1.165) is 12.8 Å². The van der Waals surface area contributed by atoms with Gasteiger partial charge in [0.2, 0.25) is 0 Å². The van der Waals surface area contributed by atoms with Gasteiger partial charge in [-0.25, -0.2) is 0 Å². The highest BCUT2D eigenvalue weighted by Crippen LogP contribution is 2.24. The number of halogens is 4. The molecule has 22 heavy (non-hydrogen) atoms. The Morgan fingerprint density at radius 1 is 1.41 bits per heavy atom. The van der Waals surface area contributed by atoms with Crippen LogP contribution in [-0.4, -0.2) is 35.8 Å². The third kappa shape index (κ3) is 5.57. The maximum Gasteiger partial charge on any atom is 0.411 e. The number of nitrogens with one attached hydrogen (secondary N) is 1. The molecule has 1 aliphatic carbocycles. The molecule has 0 radical (unpaired) electrons. The van der Waals surface area contributed by atoms with Gasteiger partial charge >= 0.3 is 6.18 Å². The molecule has 0 bridgehead atoms. The van der Waals surface area contributed by atoms with E-state index in [1.807, 2.05) is 0 Å². The van der Waals surface area contributed by atoms with Crippen molar-refractivity contribution in [3.05, 3.63) is 28.5 Å². The zero-order chi connectivity index (χ0) is 16.2. The number of nitrogens with zero attached hydrogens (tertiary/aromatic N) is 1. The number of carbonyl (C=O) groups excluding carboxylic acids is 1. The van der Waals surface area contributed by atoms with Crippen LogP contribution in [0.1, 0.15) is 36.0 Å². The number of hydrogen-bond donors (Lipinski definition) is 1. The lowest BCUT2D eigenvalue weighted by molar-refractivity contribution is -0.188. The van der Waals surface area contributed by atoms with E-state index in [1.165, 1.54) is 6.20 Å². The number of amides is 1. The summed E-state index contributed by atoms with van der Waals surface area (Å²) in [6, 6.07) is 1.46. The average molecular weight is 381 g/mol. The van der Waals surface area contributed by atoms with Crippen molar-refractivity contribution in [2.24, 2.45) is 0 Å². The lowest BCUT2D eigenvalue weighted by atomic mass is 9.92. The number of ether oxygens (including phenoxy) is 1. The van der Waals surface area contributed by atoms with Gasteiger partial charge < -0.3 is 10.1 Å². The summed E-state index contributed by atoms with van der Waals surface area (Å²) in [4.78, 5) is 16.0. The molecule has 1 fully saturated rings. The molecule has 4 nitrogen and oxygen atoms in total. The second kappa shape index (κ2) is 7.41. The van der Waals surface area contributed by atoms with Crippen molar-refractivity contribution < 1.29 is 22.7 Å². The van der Waals surface area contributed by atoms with Crippen LogP contribution in [0.4, 0.5) is 13.2 Å². The van der Waals surface area contributed by atoms with Gasteiger partial charge in [-0.3, -0.25) is 9.78 Å². The minimum Gasteiger partial charge on any atom is -0.369 e. The van der Waals surface area contributed by atoms with Gasteiger partial charge in [0.1, 0.15) is 6.61 Å². The van der Waals surface area contributed by atoms with Crippen molar-refractivity contribution in [2.75, 3.05) is 6.61 Å². The molecule has 122 valence electrons. The number of hydrogen-bond acceptors (Lipinski definition) is 3. The molecule has 1 aromatic rings. The highest BCUT2D eigenvalue weighted by molar-refractivity contribution is 9.10. The topological polar surface area (TPSA) is 51.2 Å². The molecular weight excluding hydrogens is 365 g/mol. The Hall–Kier alpha value is -1.15. The van der Waals surface area contributed by atoms with Crippen LogP contribution in [0.25, 0.3) is 0 Å². The molecule has 0 aliphatic heterocycles. The lowest BCUT2D eigenvalue weighted by Gasteiger charge is -2.30. The largest absolute Gasteiger partial charge is 0.411 e. The minimum atomic E-state index is -4.32. The summed E-state index contributed by atoms with van der Waals surface area (Å²) in [6.07, 6.45) is 0.658. The first-order chi connectivity index (χ1) is 10.3. The van der Waals surface area contributed by atoms with Gasteiger partial charge in [-0.15, -0.1) is 0 Å². The van der Waals surface area contributed by atoms with Gasteiger partial charge in [0.05, 0.1) is 11.7 Å². The number of pyridine rings is 1. The summed E-state index contributed by atoms with van der Waals surface area (Å²) in [5, 5.41) is 2.83. The van der Waals surface area contributed by atoms with Crippen LogP contribution in [0.3, 0.4) is 0 Å². The van der Waals surface area contributed by atoms with Gasteiger partial charge in [-0.05, 0) is 47.7 Å². The van der Waals surface area contributed by atoms with Crippen molar-refractivity contribution >= 4 is 21.8 Å². The zero-order valence-electron chi connectivity index (χ0n) is 11.7. The molecule has 2 rings (SSSR count). The van der Waals surface area contributed by atoms with E-state index in [1.54, 1.807) is 12.3 Å². The predicted octanol–water partition coefficient (Wildman–Crippen LogP) is 3.46. The Kier molecular flexibility index (Phi) is 5.80. The third-order valence-corrected chi connectivity index (χ3v) is 3.84. The van der Waals surface area contributed by atoms with E-state index in [9.17, 15) is 18.0 Å². The second-order valence-electron chi connectivity index (χ2n) is 5.28. The van der Waals surface area contributed by atoms with Crippen molar-refractivity contribution in [3.63, 3.8) is 0 Å². The molecule has 1 aromatic heterocycles. The van der Waals surface area contributed by atoms with Gasteiger partial charge in [0.25, 0.3) is 5.91 Å². The first-order valence-electron chi connectivity index (χ1n) is 6.93. The molecule has 1 N–H and O–H groups in total. The maximum absolute atomic E-state index is 12.2. The minimum absolute atomic E-state index is 0.182. The van der Waals surface area contributed by atoms with Crippen molar-refractivity contribution in [3.8, 4) is 0 Å². The Labute approximate surface area is 134 Å². The zero-order valence-corrected chi connectivity index (χ0v) is 13.3. The van der Waals surface area contributed by atoms with Gasteiger partial charge in [-0.1, -0.05) is 0 Å². The summed E-state index contributed by atoms with van der Waals surface area (Å²) < 4.78 is 42.1. The third-order valence-electron chi connectivity index (χ3n) is 3.41. The quantitative estimate of drug-likeness (QED) is 0.869. The average Bonchev–Trinajstić information content (AvgIpc) is 2.45. The molecule has 8 heteroatoms. The molecule has 2 atom stereocenters. The molecule has 0 unspecified atom stereocenters. The Morgan fingerprint density at radius 3 is 2.86 bits per heavy atom. The molecule has 1 saturated carbocycles. The van der Waals surface area contributed by atoms with Crippen LogP contribution in [0.5, 0.6) is 0 Å². The van der Waals surface area contributed by atoms with E-state index < -0.39 is 18.9 Å². The van der Waals surface area contributed by atoms with Gasteiger partial charge in [0.15, 0.2) is 0 Å². The van der Waals surface area contributed by atoms with Crippen molar-refractivity contribution in [2.45, 2.75) is 44.0 Å². The summed E-state index contributed by atoms with van der Waals surface area (Å²) in [7, 11) is 0. The summed E-state index contributed by atoms with van der Waals surface area (Å²) in [5.74, 6) is -0.282. The van der Waals surface area contributed by atoms with Crippen LogP contribution in [0.15, 0.2) is 22.9 Å². The number of alkyl halides is 3. The van der Waals surface area contributed by atoms with E-state index in [-0.39, 0.29) is 11.9 Å². The highest BCUT2D eigenvalue weighted by atomic mass is 79.9. The van der Waals surface area contributed by atoms with Gasteiger partial charge in [-0.2, -0.15) is 13.2 Å². The normalized spacial score (nSPS) is 22.4. The molecular formula is C14H16BrF3N2O2. The van der Waals surface area contributed by atoms with Crippen LogP contribution in [-0.2, 0) is 4.74 Å². The molecule has 1 amide bonds. The van der Waals surface area contributed by atoms with Crippen LogP contribution >= 0.6 is 15.9 Å². The number of carbonyl (C=O) groups is 1. The molecule has 1 heterocycles. The van der Waals surface area contributed by atoms with E-state index in [2.05, 4.69) is 26.2 Å². The summed E-state index contributed by atoms with van der Waals surface area (Å²) >= 11 is 3.24. The first-order valence-corrected chi connectivity index (χ1v) is 7.72. The maximum atomic E-state index is 12.2. The standard InChI is InChI=1S/C14H16BrF3N2O2/c15-10-4-9(6-19-7-10)13(21)20-11-2-1-3-12(5-11)22-8-14(16,17)18/h4,6-7,11-12H,1-3,5,8H2,(H,20,21)/t11-,12-/m1/s1. The van der Waals surface area contributed by atoms with Crippen LogP contribution in [0, 0.1) is 0 Å². The Morgan fingerprint density at radius 2 is 2.18 bits per heavy atom. The second-order valence-corrected chi connectivity index (χ2v) is 6.19. The predicted molar refractivity (Wildman–Crippen MR) is 77.5 cm³/mol. The Bertz CT molecular complexity index is 525.